The first-order chi connectivity index (χ1) is 11.5. The number of nitro benzene ring substituents is 1. The number of nitrogens with one attached hydrogen (secondary N) is 1. The summed E-state index contributed by atoms with van der Waals surface area (Å²) >= 11 is 1.20. The van der Waals surface area contributed by atoms with E-state index >= 15 is 0 Å². The summed E-state index contributed by atoms with van der Waals surface area (Å²) in [5, 5.41) is 15.5. The number of thiazole rings is 1. The third-order valence-electron chi connectivity index (χ3n) is 3.18. The lowest BCUT2D eigenvalue weighted by atomic mass is 10.1. The van der Waals surface area contributed by atoms with Crippen molar-refractivity contribution in [3.05, 3.63) is 75.4 Å². The molecule has 0 saturated heterocycles. The molecule has 0 bridgehead atoms. The molecule has 24 heavy (non-hydrogen) atoms. The Kier molecular flexibility index (Phi) is 4.30. The lowest BCUT2D eigenvalue weighted by Gasteiger charge is -2.01. The van der Waals surface area contributed by atoms with Crippen LogP contribution >= 0.6 is 11.3 Å². The van der Waals surface area contributed by atoms with Crippen molar-refractivity contribution in [2.75, 3.05) is 5.32 Å². The Labute approximate surface area is 139 Å². The summed E-state index contributed by atoms with van der Waals surface area (Å²) in [5.74, 6) is -0.830. The summed E-state index contributed by atoms with van der Waals surface area (Å²) in [6.07, 6.45) is 0. The lowest BCUT2D eigenvalue weighted by molar-refractivity contribution is -0.384. The van der Waals surface area contributed by atoms with Gasteiger partial charge in [0.25, 0.3) is 11.6 Å². The highest BCUT2D eigenvalue weighted by molar-refractivity contribution is 7.14. The number of anilines is 1. The van der Waals surface area contributed by atoms with E-state index in [9.17, 15) is 19.3 Å². The second-order valence-corrected chi connectivity index (χ2v) is 5.66. The summed E-state index contributed by atoms with van der Waals surface area (Å²) < 4.78 is 12.9. The van der Waals surface area contributed by atoms with Crippen molar-refractivity contribution >= 4 is 28.1 Å². The third-order valence-corrected chi connectivity index (χ3v) is 3.94. The fourth-order valence-electron chi connectivity index (χ4n) is 2.01. The molecule has 1 aromatic heterocycles. The molecule has 0 unspecified atom stereocenters. The minimum atomic E-state index is -0.479. The molecule has 3 aromatic rings. The van der Waals surface area contributed by atoms with Gasteiger partial charge in [-0.05, 0) is 24.3 Å². The lowest BCUT2D eigenvalue weighted by Crippen LogP contribution is -2.11. The van der Waals surface area contributed by atoms with Gasteiger partial charge in [0.1, 0.15) is 5.82 Å². The fraction of sp³-hybridized carbons (Fsp3) is 0. The number of benzene rings is 2. The second kappa shape index (κ2) is 6.55. The van der Waals surface area contributed by atoms with Crippen LogP contribution < -0.4 is 5.32 Å². The van der Waals surface area contributed by atoms with E-state index in [0.29, 0.717) is 22.0 Å². The maximum Gasteiger partial charge on any atom is 0.270 e. The molecule has 1 heterocycles. The predicted molar refractivity (Wildman–Crippen MR) is 88.6 cm³/mol. The largest absolute Gasteiger partial charge is 0.298 e. The zero-order valence-corrected chi connectivity index (χ0v) is 12.9. The van der Waals surface area contributed by atoms with Crippen LogP contribution in [0.5, 0.6) is 0 Å². The van der Waals surface area contributed by atoms with Crippen molar-refractivity contribution in [3.8, 4) is 11.3 Å². The van der Waals surface area contributed by atoms with Crippen molar-refractivity contribution in [1.29, 1.82) is 0 Å². The number of hydrogen-bond acceptors (Lipinski definition) is 5. The summed E-state index contributed by atoms with van der Waals surface area (Å²) in [6, 6.07) is 11.2. The molecule has 6 nitrogen and oxygen atoms in total. The molecule has 0 aliphatic heterocycles. The first kappa shape index (κ1) is 15.8. The van der Waals surface area contributed by atoms with Crippen LogP contribution in [0.25, 0.3) is 11.3 Å². The van der Waals surface area contributed by atoms with Gasteiger partial charge >= 0.3 is 0 Å². The van der Waals surface area contributed by atoms with E-state index in [1.54, 1.807) is 17.5 Å². The van der Waals surface area contributed by atoms with Crippen LogP contribution in [0.3, 0.4) is 0 Å². The highest BCUT2D eigenvalue weighted by Crippen LogP contribution is 2.27. The van der Waals surface area contributed by atoms with Crippen LogP contribution in [-0.2, 0) is 0 Å². The van der Waals surface area contributed by atoms with E-state index in [4.69, 9.17) is 0 Å². The average Bonchev–Trinajstić information content (AvgIpc) is 3.04. The maximum absolute atomic E-state index is 12.9. The number of aromatic nitrogens is 1. The van der Waals surface area contributed by atoms with Crippen molar-refractivity contribution in [3.63, 3.8) is 0 Å². The molecule has 0 radical (unpaired) electrons. The van der Waals surface area contributed by atoms with Gasteiger partial charge in [0.15, 0.2) is 5.13 Å². The van der Waals surface area contributed by atoms with Crippen molar-refractivity contribution < 1.29 is 14.1 Å². The summed E-state index contributed by atoms with van der Waals surface area (Å²) in [6.45, 7) is 0. The van der Waals surface area contributed by atoms with Crippen molar-refractivity contribution in [2.24, 2.45) is 0 Å². The normalized spacial score (nSPS) is 10.4. The molecule has 0 aliphatic rings. The molecule has 1 amide bonds. The molecule has 0 fully saturated rings. The van der Waals surface area contributed by atoms with E-state index in [-0.39, 0.29) is 5.69 Å². The van der Waals surface area contributed by atoms with Gasteiger partial charge < -0.3 is 0 Å². The third kappa shape index (κ3) is 3.44. The van der Waals surface area contributed by atoms with Crippen LogP contribution in [0.2, 0.25) is 0 Å². The van der Waals surface area contributed by atoms with Crippen molar-refractivity contribution in [1.82, 2.24) is 4.98 Å². The first-order valence-electron chi connectivity index (χ1n) is 6.80. The predicted octanol–water partition coefficient (Wildman–Crippen LogP) is 4.11. The molecule has 1 N–H and O–H groups in total. The number of amides is 1. The monoisotopic (exact) mass is 343 g/mol. The van der Waals surface area contributed by atoms with Crippen LogP contribution in [0.1, 0.15) is 10.4 Å². The van der Waals surface area contributed by atoms with Crippen LogP contribution in [-0.4, -0.2) is 15.8 Å². The Bertz CT molecular complexity index is 909. The Morgan fingerprint density at radius 1 is 1.21 bits per heavy atom. The Hall–Kier alpha value is -3.13. The molecule has 120 valence electrons. The number of carbonyl (C=O) groups excluding carboxylic acids is 1. The first-order valence-corrected chi connectivity index (χ1v) is 7.68. The van der Waals surface area contributed by atoms with Gasteiger partial charge in [0.2, 0.25) is 0 Å². The number of nitrogens with zero attached hydrogens (tertiary/aromatic N) is 2. The van der Waals surface area contributed by atoms with Gasteiger partial charge in [-0.15, -0.1) is 11.3 Å². The van der Waals surface area contributed by atoms with Gasteiger partial charge in [-0.3, -0.25) is 20.2 Å². The van der Waals surface area contributed by atoms with E-state index < -0.39 is 16.6 Å². The SMILES string of the molecule is O=C(Nc1nc(-c2cccc([N+](=O)[O-])c2)cs1)c1ccc(F)cc1. The van der Waals surface area contributed by atoms with Gasteiger partial charge in [-0.2, -0.15) is 0 Å². The van der Waals surface area contributed by atoms with Gasteiger partial charge in [-0.1, -0.05) is 12.1 Å². The molecule has 0 saturated carbocycles. The van der Waals surface area contributed by atoms with Crippen LogP contribution in [0.4, 0.5) is 15.2 Å². The van der Waals surface area contributed by atoms with Gasteiger partial charge in [0, 0.05) is 28.6 Å². The molecular weight excluding hydrogens is 333 g/mol. The standard InChI is InChI=1S/C16H10FN3O3S/c17-12-6-4-10(5-7-12)15(21)19-16-18-14(9-24-16)11-2-1-3-13(8-11)20(22)23/h1-9H,(H,18,19,21). The topological polar surface area (TPSA) is 85.1 Å². The van der Waals surface area contributed by atoms with Gasteiger partial charge in [-0.25, -0.2) is 9.37 Å². The number of carbonyl (C=O) groups is 1. The quantitative estimate of drug-likeness (QED) is 0.570. The molecule has 0 spiro atoms. The smallest absolute Gasteiger partial charge is 0.270 e. The Balaban J connectivity index is 1.78. The van der Waals surface area contributed by atoms with E-state index in [2.05, 4.69) is 10.3 Å². The average molecular weight is 343 g/mol. The summed E-state index contributed by atoms with van der Waals surface area (Å²) in [4.78, 5) is 26.7. The maximum atomic E-state index is 12.9. The van der Waals surface area contributed by atoms with Gasteiger partial charge in [0.05, 0.1) is 10.6 Å². The Morgan fingerprint density at radius 3 is 2.67 bits per heavy atom. The molecule has 0 aliphatic carbocycles. The minimum absolute atomic E-state index is 0.0302. The second-order valence-electron chi connectivity index (χ2n) is 4.81. The molecule has 8 heteroatoms. The van der Waals surface area contributed by atoms with Crippen LogP contribution in [0, 0.1) is 15.9 Å². The zero-order valence-electron chi connectivity index (χ0n) is 12.1. The number of nitro groups is 1. The minimum Gasteiger partial charge on any atom is -0.298 e. The highest BCUT2D eigenvalue weighted by atomic mass is 32.1. The summed E-state index contributed by atoms with van der Waals surface area (Å²) in [5.41, 5.74) is 1.39. The van der Waals surface area contributed by atoms with Crippen LogP contribution in [0.15, 0.2) is 53.9 Å². The number of halogens is 1. The molecule has 3 rings (SSSR count). The Morgan fingerprint density at radius 2 is 1.96 bits per heavy atom. The number of rotatable bonds is 4. The molecular formula is C16H10FN3O3S. The van der Waals surface area contributed by atoms with Crippen molar-refractivity contribution in [2.45, 2.75) is 0 Å². The summed E-state index contributed by atoms with van der Waals surface area (Å²) in [7, 11) is 0. The van der Waals surface area contributed by atoms with E-state index in [1.165, 1.54) is 47.7 Å². The number of non-ortho nitro benzene ring substituents is 1. The molecule has 2 aromatic carbocycles. The fourth-order valence-corrected chi connectivity index (χ4v) is 2.73. The molecule has 0 atom stereocenters. The van der Waals surface area contributed by atoms with E-state index in [1.807, 2.05) is 0 Å². The highest BCUT2D eigenvalue weighted by Gasteiger charge is 2.12. The number of hydrogen-bond donors (Lipinski definition) is 1. The zero-order chi connectivity index (χ0) is 17.1. The van der Waals surface area contributed by atoms with E-state index in [0.717, 1.165) is 0 Å².